The molecule has 3 atom stereocenters. The van der Waals surface area contributed by atoms with Crippen LogP contribution >= 0.6 is 0 Å². The second kappa shape index (κ2) is 3.73. The Hall–Kier alpha value is -0.830. The van der Waals surface area contributed by atoms with Crippen molar-refractivity contribution in [1.29, 1.82) is 0 Å². The van der Waals surface area contributed by atoms with Gasteiger partial charge in [-0.3, -0.25) is 0 Å². The number of hydrogen-bond acceptors (Lipinski definition) is 3. The highest BCUT2D eigenvalue weighted by atomic mass is 16.6. The fourth-order valence-electron chi connectivity index (χ4n) is 1.92. The quantitative estimate of drug-likeness (QED) is 0.384. The van der Waals surface area contributed by atoms with Crippen LogP contribution in [0.3, 0.4) is 0 Å². The third-order valence-corrected chi connectivity index (χ3v) is 2.82. The molecule has 0 N–H and O–H groups in total. The minimum absolute atomic E-state index is 0.0386. The van der Waals surface area contributed by atoms with E-state index in [2.05, 4.69) is 6.58 Å². The highest BCUT2D eigenvalue weighted by Gasteiger charge is 2.42. The molecule has 3 nitrogen and oxygen atoms in total. The fourth-order valence-corrected chi connectivity index (χ4v) is 1.92. The van der Waals surface area contributed by atoms with Gasteiger partial charge in [0, 0.05) is 12.0 Å². The zero-order chi connectivity index (χ0) is 10.1. The Kier molecular flexibility index (Phi) is 2.59. The smallest absolute Gasteiger partial charge is 0.333 e. The lowest BCUT2D eigenvalue weighted by Crippen LogP contribution is -2.19. The van der Waals surface area contributed by atoms with E-state index >= 15 is 0 Å². The molecule has 78 valence electrons. The molecule has 1 saturated heterocycles. The zero-order valence-electron chi connectivity index (χ0n) is 8.49. The number of fused-ring (bicyclic) bond motifs is 1. The van der Waals surface area contributed by atoms with Crippen LogP contribution in [0.25, 0.3) is 0 Å². The van der Waals surface area contributed by atoms with Crippen molar-refractivity contribution in [3.63, 3.8) is 0 Å². The van der Waals surface area contributed by atoms with Crippen molar-refractivity contribution < 1.29 is 14.3 Å². The number of rotatable bonds is 2. The molecule has 1 saturated carbocycles. The van der Waals surface area contributed by atoms with Gasteiger partial charge in [0.1, 0.15) is 6.10 Å². The summed E-state index contributed by atoms with van der Waals surface area (Å²) in [6.45, 7) is 5.24. The summed E-state index contributed by atoms with van der Waals surface area (Å²) in [7, 11) is 0. The predicted molar refractivity (Wildman–Crippen MR) is 51.8 cm³/mol. The van der Waals surface area contributed by atoms with Crippen LogP contribution < -0.4 is 0 Å². The van der Waals surface area contributed by atoms with E-state index in [9.17, 15) is 4.79 Å². The molecule has 1 aliphatic heterocycles. The topological polar surface area (TPSA) is 38.8 Å². The third-order valence-electron chi connectivity index (χ3n) is 2.82. The summed E-state index contributed by atoms with van der Waals surface area (Å²) in [5.74, 6) is -0.269. The zero-order valence-corrected chi connectivity index (χ0v) is 8.49. The largest absolute Gasteiger partial charge is 0.459 e. The van der Waals surface area contributed by atoms with Gasteiger partial charge in [0.2, 0.25) is 0 Å². The first-order valence-corrected chi connectivity index (χ1v) is 5.19. The van der Waals surface area contributed by atoms with Crippen LogP contribution in [-0.2, 0) is 14.3 Å². The maximum Gasteiger partial charge on any atom is 0.333 e. The molecule has 2 rings (SSSR count). The monoisotopic (exact) mass is 196 g/mol. The Labute approximate surface area is 84.1 Å². The minimum atomic E-state index is -0.269. The summed E-state index contributed by atoms with van der Waals surface area (Å²) < 4.78 is 10.7. The number of esters is 1. The van der Waals surface area contributed by atoms with E-state index in [-0.39, 0.29) is 12.1 Å². The lowest BCUT2D eigenvalue weighted by atomic mass is 10.1. The molecule has 2 aliphatic rings. The number of epoxide rings is 1. The van der Waals surface area contributed by atoms with Gasteiger partial charge in [-0.05, 0) is 26.2 Å². The Morgan fingerprint density at radius 3 is 2.93 bits per heavy atom. The average Bonchev–Trinajstić information content (AvgIpc) is 2.81. The van der Waals surface area contributed by atoms with Crippen molar-refractivity contribution in [3.8, 4) is 0 Å². The lowest BCUT2D eigenvalue weighted by Gasteiger charge is -2.15. The van der Waals surface area contributed by atoms with Gasteiger partial charge < -0.3 is 9.47 Å². The molecular formula is C11H16O3. The highest BCUT2D eigenvalue weighted by molar-refractivity contribution is 5.87. The molecule has 1 heterocycles. The summed E-state index contributed by atoms with van der Waals surface area (Å²) in [4.78, 5) is 11.3. The van der Waals surface area contributed by atoms with E-state index in [1.165, 1.54) is 0 Å². The van der Waals surface area contributed by atoms with Crippen LogP contribution in [0.2, 0.25) is 0 Å². The normalized spacial score (nSPS) is 35.4. The summed E-state index contributed by atoms with van der Waals surface area (Å²) in [5, 5.41) is 0. The fraction of sp³-hybridized carbons (Fsp3) is 0.727. The van der Waals surface area contributed by atoms with E-state index in [1.807, 2.05) is 0 Å². The molecule has 0 amide bonds. The van der Waals surface area contributed by atoms with Gasteiger partial charge in [-0.15, -0.1) is 0 Å². The van der Waals surface area contributed by atoms with Gasteiger partial charge >= 0.3 is 5.97 Å². The van der Waals surface area contributed by atoms with Crippen LogP contribution in [0.5, 0.6) is 0 Å². The number of carbonyl (C=O) groups excluding carboxylic acids is 1. The van der Waals surface area contributed by atoms with Crippen molar-refractivity contribution >= 4 is 5.97 Å². The molecule has 2 fully saturated rings. The van der Waals surface area contributed by atoms with Gasteiger partial charge in [-0.1, -0.05) is 6.58 Å². The van der Waals surface area contributed by atoms with Crippen molar-refractivity contribution in [2.24, 2.45) is 0 Å². The van der Waals surface area contributed by atoms with Gasteiger partial charge in [0.25, 0.3) is 0 Å². The van der Waals surface area contributed by atoms with Gasteiger partial charge in [-0.25, -0.2) is 4.79 Å². The Bertz CT molecular complexity index is 259. The molecule has 0 aromatic rings. The van der Waals surface area contributed by atoms with E-state index in [1.54, 1.807) is 6.92 Å². The molecule has 3 unspecified atom stereocenters. The molecule has 0 spiro atoms. The predicted octanol–water partition coefficient (Wildman–Crippen LogP) is 1.82. The first-order chi connectivity index (χ1) is 6.66. The first-order valence-electron chi connectivity index (χ1n) is 5.19. The second-order valence-electron chi connectivity index (χ2n) is 4.19. The Balaban J connectivity index is 1.84. The third kappa shape index (κ3) is 2.15. The summed E-state index contributed by atoms with van der Waals surface area (Å²) in [6.07, 6.45) is 4.88. The second-order valence-corrected chi connectivity index (χ2v) is 4.19. The number of hydrogen-bond donors (Lipinski definition) is 0. The minimum Gasteiger partial charge on any atom is -0.459 e. The SMILES string of the molecule is C=C(C)C(=O)OC1CCCC2OC2C1. The molecule has 0 radical (unpaired) electrons. The summed E-state index contributed by atoms with van der Waals surface area (Å²) >= 11 is 0. The summed E-state index contributed by atoms with van der Waals surface area (Å²) in [6, 6.07) is 0. The van der Waals surface area contributed by atoms with Crippen LogP contribution in [0, 0.1) is 0 Å². The molecule has 1 aliphatic carbocycles. The van der Waals surface area contributed by atoms with E-state index in [4.69, 9.17) is 9.47 Å². The van der Waals surface area contributed by atoms with Crippen LogP contribution in [0.15, 0.2) is 12.2 Å². The van der Waals surface area contributed by atoms with E-state index in [0.717, 1.165) is 25.7 Å². The van der Waals surface area contributed by atoms with Crippen molar-refractivity contribution in [2.45, 2.75) is 50.9 Å². The van der Waals surface area contributed by atoms with Gasteiger partial charge in [0.15, 0.2) is 0 Å². The molecular weight excluding hydrogens is 180 g/mol. The molecule has 14 heavy (non-hydrogen) atoms. The van der Waals surface area contributed by atoms with E-state index < -0.39 is 0 Å². The highest BCUT2D eigenvalue weighted by Crippen LogP contribution is 2.36. The van der Waals surface area contributed by atoms with Crippen LogP contribution in [0.1, 0.15) is 32.6 Å². The van der Waals surface area contributed by atoms with Gasteiger partial charge in [-0.2, -0.15) is 0 Å². The van der Waals surface area contributed by atoms with Crippen molar-refractivity contribution in [3.05, 3.63) is 12.2 Å². The molecule has 0 aromatic carbocycles. The molecule has 0 aromatic heterocycles. The maximum absolute atomic E-state index is 11.3. The first kappa shape index (κ1) is 9.71. The standard InChI is InChI=1S/C11H16O3/c1-7(2)11(12)13-8-4-3-5-9-10(6-8)14-9/h8-10H,1,3-6H2,2H3. The number of carbonyl (C=O) groups is 1. The average molecular weight is 196 g/mol. The van der Waals surface area contributed by atoms with Crippen LogP contribution in [-0.4, -0.2) is 24.3 Å². The van der Waals surface area contributed by atoms with Crippen molar-refractivity contribution in [1.82, 2.24) is 0 Å². The molecule has 3 heteroatoms. The van der Waals surface area contributed by atoms with Gasteiger partial charge in [0.05, 0.1) is 12.2 Å². The lowest BCUT2D eigenvalue weighted by molar-refractivity contribution is -0.145. The number of ether oxygens (including phenoxy) is 2. The maximum atomic E-state index is 11.3. The van der Waals surface area contributed by atoms with Crippen molar-refractivity contribution in [2.75, 3.05) is 0 Å². The summed E-state index contributed by atoms with van der Waals surface area (Å²) in [5.41, 5.74) is 0.475. The van der Waals surface area contributed by atoms with E-state index in [0.29, 0.717) is 17.8 Å². The Morgan fingerprint density at radius 1 is 1.43 bits per heavy atom. The Morgan fingerprint density at radius 2 is 2.21 bits per heavy atom. The van der Waals surface area contributed by atoms with Crippen LogP contribution in [0.4, 0.5) is 0 Å². The molecule has 0 bridgehead atoms.